The molecule has 0 bridgehead atoms. The highest BCUT2D eigenvalue weighted by molar-refractivity contribution is 5.97. The molecule has 2 atom stereocenters. The maximum absolute atomic E-state index is 13.5. The summed E-state index contributed by atoms with van der Waals surface area (Å²) in [4.78, 5) is 24.5. The number of para-hydroxylation sites is 1. The van der Waals surface area contributed by atoms with Gasteiger partial charge in [0.25, 0.3) is 0 Å². The van der Waals surface area contributed by atoms with Crippen LogP contribution in [0.25, 0.3) is 0 Å². The number of benzene rings is 2. The highest BCUT2D eigenvalue weighted by Crippen LogP contribution is 2.30. The number of carbonyl (C=O) groups excluding carboxylic acids is 2. The zero-order valence-electron chi connectivity index (χ0n) is 12.8. The lowest BCUT2D eigenvalue weighted by Gasteiger charge is -2.33. The van der Waals surface area contributed by atoms with Crippen LogP contribution in [0.3, 0.4) is 0 Å². The molecular formula is C18H16FN3O2. The second-order valence-electron chi connectivity index (χ2n) is 5.49. The summed E-state index contributed by atoms with van der Waals surface area (Å²) in [5.74, 6) is -1.55. The summed E-state index contributed by atoms with van der Waals surface area (Å²) < 4.78 is 13.5. The molecule has 0 unspecified atom stereocenters. The van der Waals surface area contributed by atoms with Gasteiger partial charge in [-0.3, -0.25) is 4.79 Å². The third kappa shape index (κ3) is 3.27. The average molecular weight is 325 g/mol. The van der Waals surface area contributed by atoms with E-state index in [9.17, 15) is 14.0 Å². The summed E-state index contributed by atoms with van der Waals surface area (Å²) in [6.07, 6.45) is 0. The lowest BCUT2D eigenvalue weighted by Crippen LogP contribution is -2.51. The van der Waals surface area contributed by atoms with Gasteiger partial charge in [0.05, 0.1) is 6.04 Å². The molecule has 2 aromatic rings. The summed E-state index contributed by atoms with van der Waals surface area (Å²) in [5.41, 5.74) is 1.39. The molecule has 1 aliphatic rings. The molecule has 2 aromatic carbocycles. The van der Waals surface area contributed by atoms with Gasteiger partial charge in [-0.25, -0.2) is 9.18 Å². The van der Waals surface area contributed by atoms with Crippen molar-refractivity contribution >= 4 is 17.6 Å². The number of urea groups is 1. The second-order valence-corrected chi connectivity index (χ2v) is 5.49. The minimum atomic E-state index is -0.773. The first-order valence-electron chi connectivity index (χ1n) is 7.42. The third-order valence-corrected chi connectivity index (χ3v) is 3.80. The Balaban J connectivity index is 1.90. The first kappa shape index (κ1) is 15.7. The molecule has 0 aromatic heterocycles. The predicted octanol–water partition coefficient (Wildman–Crippen LogP) is 2.95. The molecule has 0 radical (unpaired) electrons. The number of rotatable bonds is 3. The van der Waals surface area contributed by atoms with Crippen LogP contribution in [-0.2, 0) is 4.79 Å². The van der Waals surface area contributed by atoms with E-state index in [1.54, 1.807) is 30.3 Å². The molecule has 24 heavy (non-hydrogen) atoms. The molecule has 3 N–H and O–H groups in total. The van der Waals surface area contributed by atoms with E-state index in [-0.39, 0.29) is 11.6 Å². The Labute approximate surface area is 138 Å². The fourth-order valence-electron chi connectivity index (χ4n) is 2.71. The van der Waals surface area contributed by atoms with E-state index in [1.165, 1.54) is 18.2 Å². The quantitative estimate of drug-likeness (QED) is 0.812. The number of anilines is 1. The van der Waals surface area contributed by atoms with Crippen molar-refractivity contribution < 1.29 is 14.0 Å². The molecule has 0 saturated carbocycles. The van der Waals surface area contributed by atoms with Gasteiger partial charge in [-0.05, 0) is 29.8 Å². The normalized spacial score (nSPS) is 20.0. The van der Waals surface area contributed by atoms with E-state index in [4.69, 9.17) is 0 Å². The van der Waals surface area contributed by atoms with Crippen LogP contribution in [0.15, 0.2) is 66.9 Å². The second kappa shape index (κ2) is 6.54. The fourth-order valence-corrected chi connectivity index (χ4v) is 2.71. The van der Waals surface area contributed by atoms with E-state index < -0.39 is 23.8 Å². The average Bonchev–Trinajstić information content (AvgIpc) is 2.55. The Bertz CT molecular complexity index is 792. The zero-order valence-corrected chi connectivity index (χ0v) is 12.8. The highest BCUT2D eigenvalue weighted by Gasteiger charge is 2.37. The summed E-state index contributed by atoms with van der Waals surface area (Å²) in [5, 5.41) is 7.97. The smallest absolute Gasteiger partial charge is 0.319 e. The van der Waals surface area contributed by atoms with Crippen LogP contribution < -0.4 is 16.0 Å². The van der Waals surface area contributed by atoms with Crippen molar-refractivity contribution in [2.75, 3.05) is 5.32 Å². The van der Waals surface area contributed by atoms with Gasteiger partial charge in [0.15, 0.2) is 0 Å². The standard InChI is InChI=1S/C18H16FN3O2/c1-11-15(17(23)21-14-8-3-2-4-9-14)16(22-18(24)20-11)12-6-5-7-13(19)10-12/h2-10,15-16H,1H2,(H,21,23)(H2,20,22,24)/t15-,16+/m1/s1. The molecule has 5 nitrogen and oxygen atoms in total. The maximum Gasteiger partial charge on any atom is 0.319 e. The van der Waals surface area contributed by atoms with Crippen molar-refractivity contribution in [3.8, 4) is 0 Å². The highest BCUT2D eigenvalue weighted by atomic mass is 19.1. The molecule has 122 valence electrons. The largest absolute Gasteiger partial charge is 0.330 e. The first-order valence-corrected chi connectivity index (χ1v) is 7.42. The van der Waals surface area contributed by atoms with Crippen molar-refractivity contribution in [3.05, 3.63) is 78.3 Å². The summed E-state index contributed by atoms with van der Waals surface area (Å²) in [6.45, 7) is 3.78. The van der Waals surface area contributed by atoms with Crippen LogP contribution in [0.1, 0.15) is 11.6 Å². The van der Waals surface area contributed by atoms with Crippen molar-refractivity contribution in [1.82, 2.24) is 10.6 Å². The molecule has 1 saturated heterocycles. The van der Waals surface area contributed by atoms with Crippen LogP contribution in [0.2, 0.25) is 0 Å². The molecule has 1 aliphatic heterocycles. The summed E-state index contributed by atoms with van der Waals surface area (Å²) >= 11 is 0. The van der Waals surface area contributed by atoms with E-state index in [0.29, 0.717) is 11.3 Å². The van der Waals surface area contributed by atoms with Gasteiger partial charge in [-0.2, -0.15) is 0 Å². The Morgan fingerprint density at radius 1 is 1.12 bits per heavy atom. The minimum Gasteiger partial charge on any atom is -0.330 e. The van der Waals surface area contributed by atoms with Crippen molar-refractivity contribution in [2.45, 2.75) is 6.04 Å². The Morgan fingerprint density at radius 3 is 2.58 bits per heavy atom. The van der Waals surface area contributed by atoms with Crippen LogP contribution in [0, 0.1) is 11.7 Å². The Morgan fingerprint density at radius 2 is 1.88 bits per heavy atom. The van der Waals surface area contributed by atoms with Gasteiger partial charge in [0.1, 0.15) is 11.7 Å². The van der Waals surface area contributed by atoms with Gasteiger partial charge in [-0.1, -0.05) is 36.9 Å². The van der Waals surface area contributed by atoms with Gasteiger partial charge in [0.2, 0.25) is 5.91 Å². The van der Waals surface area contributed by atoms with E-state index >= 15 is 0 Å². The number of nitrogens with one attached hydrogen (secondary N) is 3. The van der Waals surface area contributed by atoms with E-state index in [1.807, 2.05) is 6.07 Å². The number of hydrogen-bond donors (Lipinski definition) is 3. The number of halogens is 1. The van der Waals surface area contributed by atoms with E-state index in [0.717, 1.165) is 0 Å². The van der Waals surface area contributed by atoms with Gasteiger partial charge >= 0.3 is 6.03 Å². The molecule has 1 heterocycles. The first-order chi connectivity index (χ1) is 11.5. The predicted molar refractivity (Wildman–Crippen MR) is 88.5 cm³/mol. The molecule has 6 heteroatoms. The number of carbonyl (C=O) groups is 2. The van der Waals surface area contributed by atoms with Crippen molar-refractivity contribution in [1.29, 1.82) is 0 Å². The molecule has 1 fully saturated rings. The van der Waals surface area contributed by atoms with Crippen LogP contribution in [0.5, 0.6) is 0 Å². The summed E-state index contributed by atoms with van der Waals surface area (Å²) in [6, 6.07) is 13.6. The number of amides is 3. The fraction of sp³-hybridized carbons (Fsp3) is 0.111. The molecule has 0 aliphatic carbocycles. The molecular weight excluding hydrogens is 309 g/mol. The van der Waals surface area contributed by atoms with Gasteiger partial charge in [0, 0.05) is 11.4 Å². The molecule has 0 spiro atoms. The van der Waals surface area contributed by atoms with E-state index in [2.05, 4.69) is 22.5 Å². The SMILES string of the molecule is C=C1NC(=O)N[C@@H](c2cccc(F)c2)[C@@H]1C(=O)Nc1ccccc1. The minimum absolute atomic E-state index is 0.265. The Kier molecular flexibility index (Phi) is 4.29. The molecule has 3 rings (SSSR count). The zero-order chi connectivity index (χ0) is 17.1. The van der Waals surface area contributed by atoms with Gasteiger partial charge < -0.3 is 16.0 Å². The topological polar surface area (TPSA) is 70.2 Å². The third-order valence-electron chi connectivity index (χ3n) is 3.80. The van der Waals surface area contributed by atoms with Crippen molar-refractivity contribution in [3.63, 3.8) is 0 Å². The summed E-state index contributed by atoms with van der Waals surface area (Å²) in [7, 11) is 0. The maximum atomic E-state index is 13.5. The Hall–Kier alpha value is -3.15. The number of hydrogen-bond acceptors (Lipinski definition) is 2. The van der Waals surface area contributed by atoms with Crippen LogP contribution >= 0.6 is 0 Å². The van der Waals surface area contributed by atoms with Crippen LogP contribution in [-0.4, -0.2) is 11.9 Å². The lowest BCUT2D eigenvalue weighted by atomic mass is 9.88. The van der Waals surface area contributed by atoms with Gasteiger partial charge in [-0.15, -0.1) is 0 Å². The van der Waals surface area contributed by atoms with Crippen molar-refractivity contribution in [2.24, 2.45) is 5.92 Å². The van der Waals surface area contributed by atoms with Crippen LogP contribution in [0.4, 0.5) is 14.9 Å². The lowest BCUT2D eigenvalue weighted by molar-refractivity contribution is -0.119. The molecule has 3 amide bonds. The monoisotopic (exact) mass is 325 g/mol.